The molecule has 0 aliphatic rings. The summed E-state index contributed by atoms with van der Waals surface area (Å²) in [5, 5.41) is 0. The number of hydrogen-bond acceptors (Lipinski definition) is 5. The molecule has 1 heterocycles. The largest absolute Gasteiger partial charge is 0.514 e. The number of nitrogens with zero attached hydrogens (tertiary/aromatic N) is 1. The monoisotopic (exact) mass is 345 g/mol. The maximum atomic E-state index is 13.9. The van der Waals surface area contributed by atoms with Crippen LogP contribution in [0.5, 0.6) is 5.75 Å². The lowest BCUT2D eigenvalue weighted by molar-refractivity contribution is 0.0204. The summed E-state index contributed by atoms with van der Waals surface area (Å²) in [4.78, 5) is 28.1. The molecule has 0 fully saturated rings. The van der Waals surface area contributed by atoms with Gasteiger partial charge in [0.2, 0.25) is 5.43 Å². The van der Waals surface area contributed by atoms with Crippen LogP contribution in [0.25, 0.3) is 11.1 Å². The number of ether oxygens (including phenoxy) is 2. The van der Waals surface area contributed by atoms with Crippen LogP contribution in [0.4, 0.5) is 9.18 Å². The van der Waals surface area contributed by atoms with Crippen molar-refractivity contribution in [3.8, 4) is 16.9 Å². The molecule has 0 spiro atoms. The van der Waals surface area contributed by atoms with Crippen LogP contribution in [0.2, 0.25) is 0 Å². The Bertz CT molecular complexity index is 872. The lowest BCUT2D eigenvalue weighted by Crippen LogP contribution is -2.26. The van der Waals surface area contributed by atoms with E-state index in [1.165, 1.54) is 24.3 Å². The summed E-state index contributed by atoms with van der Waals surface area (Å²) in [7, 11) is 0. The third kappa shape index (κ3) is 4.86. The Balaban J connectivity index is 2.47. The van der Waals surface area contributed by atoms with Crippen molar-refractivity contribution >= 4 is 6.16 Å². The summed E-state index contributed by atoms with van der Waals surface area (Å²) in [6.07, 6.45) is -0.980. The molecule has 0 saturated heterocycles. The Morgan fingerprint density at radius 2 is 1.80 bits per heavy atom. The Labute approximate surface area is 145 Å². The number of rotatable bonds is 2. The minimum absolute atomic E-state index is 0.199. The van der Waals surface area contributed by atoms with Crippen LogP contribution >= 0.6 is 0 Å². The Morgan fingerprint density at radius 3 is 2.44 bits per heavy atom. The van der Waals surface area contributed by atoms with Gasteiger partial charge in [0, 0.05) is 11.3 Å². The Kier molecular flexibility index (Phi) is 5.21. The summed E-state index contributed by atoms with van der Waals surface area (Å²) in [6.45, 7) is 8.37. The van der Waals surface area contributed by atoms with E-state index in [1.807, 2.05) is 0 Å². The standard InChI is InChI=1S/C19H20FNO4/c1-11-14(10-15(20)12(2)21-11)13-7-6-8-16(22)17(9-13)24-18(23)25-19(3,4)5/h6-10H,1-5H3. The van der Waals surface area contributed by atoms with Crippen molar-refractivity contribution in [3.63, 3.8) is 0 Å². The van der Waals surface area contributed by atoms with E-state index in [-0.39, 0.29) is 11.4 Å². The zero-order chi connectivity index (χ0) is 18.8. The van der Waals surface area contributed by atoms with Gasteiger partial charge in [0.05, 0.1) is 5.69 Å². The van der Waals surface area contributed by atoms with Crippen molar-refractivity contribution in [2.75, 3.05) is 0 Å². The molecule has 132 valence electrons. The third-order valence-electron chi connectivity index (χ3n) is 3.29. The molecule has 2 rings (SSSR count). The van der Waals surface area contributed by atoms with Gasteiger partial charge in [0.15, 0.2) is 5.75 Å². The molecule has 0 bridgehead atoms. The van der Waals surface area contributed by atoms with Gasteiger partial charge in [-0.2, -0.15) is 0 Å². The van der Waals surface area contributed by atoms with Gasteiger partial charge in [-0.3, -0.25) is 9.78 Å². The predicted molar refractivity (Wildman–Crippen MR) is 92.2 cm³/mol. The van der Waals surface area contributed by atoms with E-state index in [1.54, 1.807) is 40.7 Å². The van der Waals surface area contributed by atoms with Gasteiger partial charge in [-0.05, 0) is 58.4 Å². The zero-order valence-electron chi connectivity index (χ0n) is 14.8. The number of aromatic nitrogens is 1. The van der Waals surface area contributed by atoms with Gasteiger partial charge in [-0.1, -0.05) is 12.1 Å². The lowest BCUT2D eigenvalue weighted by atomic mass is 10.1. The van der Waals surface area contributed by atoms with Crippen LogP contribution in [0.1, 0.15) is 32.2 Å². The molecule has 0 saturated carbocycles. The highest BCUT2D eigenvalue weighted by molar-refractivity contribution is 5.69. The number of aryl methyl sites for hydroxylation is 2. The molecule has 2 aromatic rings. The van der Waals surface area contributed by atoms with Crippen molar-refractivity contribution in [2.24, 2.45) is 0 Å². The van der Waals surface area contributed by atoms with E-state index < -0.39 is 23.0 Å². The van der Waals surface area contributed by atoms with E-state index in [2.05, 4.69) is 4.98 Å². The van der Waals surface area contributed by atoms with Gasteiger partial charge >= 0.3 is 6.16 Å². The predicted octanol–water partition coefficient (Wildman–Crippen LogP) is 4.18. The molecule has 0 N–H and O–H groups in total. The number of carbonyl (C=O) groups is 1. The Morgan fingerprint density at radius 1 is 1.12 bits per heavy atom. The van der Waals surface area contributed by atoms with Crippen LogP contribution in [-0.2, 0) is 4.74 Å². The van der Waals surface area contributed by atoms with Crippen molar-refractivity contribution in [1.29, 1.82) is 0 Å². The highest BCUT2D eigenvalue weighted by Crippen LogP contribution is 2.25. The third-order valence-corrected chi connectivity index (χ3v) is 3.29. The second-order valence-corrected chi connectivity index (χ2v) is 6.61. The molecular formula is C19H20FNO4. The molecule has 5 nitrogen and oxygen atoms in total. The average Bonchev–Trinajstić information content (AvgIpc) is 2.63. The summed E-state index contributed by atoms with van der Waals surface area (Å²) in [6, 6.07) is 7.12. The average molecular weight is 345 g/mol. The molecule has 0 aliphatic carbocycles. The summed E-state index contributed by atoms with van der Waals surface area (Å²) in [5.41, 5.74) is 0.658. The van der Waals surface area contributed by atoms with E-state index in [9.17, 15) is 14.0 Å². The second kappa shape index (κ2) is 7.01. The van der Waals surface area contributed by atoms with E-state index in [0.717, 1.165) is 0 Å². The summed E-state index contributed by atoms with van der Waals surface area (Å²) < 4.78 is 24.0. The highest BCUT2D eigenvalue weighted by atomic mass is 19.1. The van der Waals surface area contributed by atoms with Crippen molar-refractivity contribution in [2.45, 2.75) is 40.2 Å². The van der Waals surface area contributed by atoms with Crippen molar-refractivity contribution in [1.82, 2.24) is 4.98 Å². The first-order valence-corrected chi connectivity index (χ1v) is 7.76. The van der Waals surface area contributed by atoms with E-state index in [0.29, 0.717) is 16.8 Å². The van der Waals surface area contributed by atoms with E-state index >= 15 is 0 Å². The minimum Gasteiger partial charge on any atom is -0.428 e. The van der Waals surface area contributed by atoms with Crippen LogP contribution in [0.3, 0.4) is 0 Å². The number of hydrogen-bond donors (Lipinski definition) is 0. The topological polar surface area (TPSA) is 65.5 Å². The minimum atomic E-state index is -0.980. The molecular weight excluding hydrogens is 325 g/mol. The fraction of sp³-hybridized carbons (Fsp3) is 0.316. The lowest BCUT2D eigenvalue weighted by Gasteiger charge is -2.18. The molecule has 6 heteroatoms. The molecule has 0 atom stereocenters. The number of pyridine rings is 1. The van der Waals surface area contributed by atoms with Crippen LogP contribution < -0.4 is 10.2 Å². The summed E-state index contributed by atoms with van der Waals surface area (Å²) in [5.74, 6) is -0.654. The normalized spacial score (nSPS) is 11.1. The Hall–Kier alpha value is -2.76. The highest BCUT2D eigenvalue weighted by Gasteiger charge is 2.19. The molecule has 25 heavy (non-hydrogen) atoms. The fourth-order valence-electron chi connectivity index (χ4n) is 2.18. The molecule has 0 unspecified atom stereocenters. The molecule has 0 amide bonds. The zero-order valence-corrected chi connectivity index (χ0v) is 14.8. The maximum Gasteiger partial charge on any atom is 0.514 e. The van der Waals surface area contributed by atoms with Crippen molar-refractivity contribution in [3.05, 3.63) is 57.8 Å². The van der Waals surface area contributed by atoms with E-state index in [4.69, 9.17) is 9.47 Å². The van der Waals surface area contributed by atoms with Gasteiger partial charge < -0.3 is 9.47 Å². The quantitative estimate of drug-likeness (QED) is 0.764. The molecule has 1 aromatic carbocycles. The second-order valence-electron chi connectivity index (χ2n) is 6.61. The first kappa shape index (κ1) is 18.6. The first-order valence-electron chi connectivity index (χ1n) is 7.76. The molecule has 1 aromatic heterocycles. The van der Waals surface area contributed by atoms with Crippen LogP contribution in [0, 0.1) is 19.7 Å². The smallest absolute Gasteiger partial charge is 0.428 e. The van der Waals surface area contributed by atoms with Gasteiger partial charge in [0.1, 0.15) is 11.4 Å². The SMILES string of the molecule is Cc1nc(C)c(-c2cccc(=O)c(OC(=O)OC(C)(C)C)c2)cc1F. The van der Waals surface area contributed by atoms with Gasteiger partial charge in [0.25, 0.3) is 0 Å². The summed E-state index contributed by atoms with van der Waals surface area (Å²) >= 11 is 0. The first-order chi connectivity index (χ1) is 11.6. The van der Waals surface area contributed by atoms with Gasteiger partial charge in [-0.25, -0.2) is 9.18 Å². The fourth-order valence-corrected chi connectivity index (χ4v) is 2.18. The van der Waals surface area contributed by atoms with Crippen molar-refractivity contribution < 1.29 is 18.7 Å². The molecule has 0 radical (unpaired) electrons. The number of halogens is 1. The van der Waals surface area contributed by atoms with Crippen LogP contribution in [0.15, 0.2) is 35.1 Å². The van der Waals surface area contributed by atoms with Gasteiger partial charge in [-0.15, -0.1) is 0 Å². The van der Waals surface area contributed by atoms with Crippen LogP contribution in [-0.4, -0.2) is 16.7 Å². The molecule has 0 aliphatic heterocycles. The number of carbonyl (C=O) groups excluding carboxylic acids is 1. The maximum absolute atomic E-state index is 13.9.